The van der Waals surface area contributed by atoms with Gasteiger partial charge in [0.05, 0.1) is 5.92 Å². The van der Waals surface area contributed by atoms with E-state index >= 15 is 0 Å². The van der Waals surface area contributed by atoms with Crippen LogP contribution in [0.1, 0.15) is 36.3 Å². The van der Waals surface area contributed by atoms with Gasteiger partial charge < -0.3 is 10.0 Å². The number of carboxylic acids is 1. The number of fused-ring (bicyclic) bond motifs is 6. The van der Waals surface area contributed by atoms with E-state index in [9.17, 15) is 14.7 Å². The molecule has 4 nitrogen and oxygen atoms in total. The second-order valence-corrected chi connectivity index (χ2v) is 7.82. The van der Waals surface area contributed by atoms with Crippen molar-refractivity contribution in [3.05, 3.63) is 35.4 Å². The lowest BCUT2D eigenvalue weighted by Gasteiger charge is -2.33. The molecule has 5 rings (SSSR count). The Morgan fingerprint density at radius 1 is 1.09 bits per heavy atom. The average molecular weight is 311 g/mol. The number of carboxylic acid groups (broad SMARTS) is 1. The molecule has 1 heterocycles. The highest BCUT2D eigenvalue weighted by Crippen LogP contribution is 2.69. The monoisotopic (exact) mass is 311 g/mol. The zero-order chi connectivity index (χ0) is 15.7. The number of nitrogens with zero attached hydrogens (tertiary/aromatic N) is 1. The first-order chi connectivity index (χ1) is 11.1. The van der Waals surface area contributed by atoms with E-state index in [4.69, 9.17) is 0 Å². The summed E-state index contributed by atoms with van der Waals surface area (Å²) < 4.78 is 0. The lowest BCUT2D eigenvalue weighted by atomic mass is 9.89. The van der Waals surface area contributed by atoms with E-state index in [1.54, 1.807) is 0 Å². The van der Waals surface area contributed by atoms with Gasteiger partial charge in [-0.1, -0.05) is 24.3 Å². The number of hydrogen-bond donors (Lipinski definition) is 1. The van der Waals surface area contributed by atoms with Gasteiger partial charge in [0.2, 0.25) is 5.91 Å². The molecule has 1 aromatic rings. The summed E-state index contributed by atoms with van der Waals surface area (Å²) in [5.41, 5.74) is 1.87. The van der Waals surface area contributed by atoms with Crippen LogP contribution in [-0.4, -0.2) is 28.4 Å². The number of benzene rings is 1. The minimum Gasteiger partial charge on any atom is -0.481 e. The fraction of sp³-hybridized carbons (Fsp3) is 0.579. The third kappa shape index (κ3) is 1.84. The van der Waals surface area contributed by atoms with Crippen LogP contribution in [0.25, 0.3) is 0 Å². The van der Waals surface area contributed by atoms with Crippen molar-refractivity contribution in [3.8, 4) is 0 Å². The van der Waals surface area contributed by atoms with Crippen LogP contribution in [0.5, 0.6) is 0 Å². The number of hydrogen-bond acceptors (Lipinski definition) is 2. The van der Waals surface area contributed by atoms with Crippen LogP contribution in [-0.2, 0) is 16.1 Å². The Hall–Kier alpha value is -1.84. The molecule has 1 aliphatic heterocycles. The van der Waals surface area contributed by atoms with Crippen LogP contribution in [0, 0.1) is 29.6 Å². The Bertz CT molecular complexity index is 684. The van der Waals surface area contributed by atoms with E-state index in [0.717, 1.165) is 23.0 Å². The number of carbonyl (C=O) groups excluding carboxylic acids is 1. The molecule has 4 heteroatoms. The molecule has 5 atom stereocenters. The molecule has 3 fully saturated rings. The largest absolute Gasteiger partial charge is 0.481 e. The molecule has 2 bridgehead atoms. The van der Waals surface area contributed by atoms with E-state index in [-0.39, 0.29) is 11.8 Å². The molecule has 0 saturated heterocycles. The van der Waals surface area contributed by atoms with E-state index in [0.29, 0.717) is 24.9 Å². The maximum absolute atomic E-state index is 13.0. The van der Waals surface area contributed by atoms with Crippen molar-refractivity contribution in [3.63, 3.8) is 0 Å². The normalized spacial score (nSPS) is 39.7. The first-order valence-corrected chi connectivity index (χ1v) is 8.74. The molecular formula is C19H21NO3. The summed E-state index contributed by atoms with van der Waals surface area (Å²) in [4.78, 5) is 26.5. The maximum atomic E-state index is 13.0. The average Bonchev–Trinajstić information content (AvgIpc) is 2.99. The molecule has 3 aliphatic carbocycles. The molecule has 0 aromatic heterocycles. The topological polar surface area (TPSA) is 57.6 Å². The maximum Gasteiger partial charge on any atom is 0.312 e. The fourth-order valence-electron chi connectivity index (χ4n) is 5.85. The molecule has 23 heavy (non-hydrogen) atoms. The molecule has 1 N–H and O–H groups in total. The molecule has 0 radical (unpaired) electrons. The van der Waals surface area contributed by atoms with Gasteiger partial charge in [-0.25, -0.2) is 0 Å². The fourth-order valence-corrected chi connectivity index (χ4v) is 5.85. The molecular weight excluding hydrogens is 290 g/mol. The van der Waals surface area contributed by atoms with Gasteiger partial charge >= 0.3 is 5.97 Å². The van der Waals surface area contributed by atoms with Crippen molar-refractivity contribution in [2.75, 3.05) is 6.54 Å². The lowest BCUT2D eigenvalue weighted by molar-refractivity contribution is -0.142. The number of aliphatic carboxylic acids is 1. The van der Waals surface area contributed by atoms with Crippen LogP contribution in [0.2, 0.25) is 0 Å². The van der Waals surface area contributed by atoms with Crippen molar-refractivity contribution >= 4 is 11.9 Å². The van der Waals surface area contributed by atoms with Crippen molar-refractivity contribution < 1.29 is 14.7 Å². The lowest BCUT2D eigenvalue weighted by Crippen LogP contribution is -2.42. The van der Waals surface area contributed by atoms with Gasteiger partial charge in [-0.15, -0.1) is 0 Å². The Morgan fingerprint density at radius 3 is 2.48 bits per heavy atom. The molecule has 1 amide bonds. The van der Waals surface area contributed by atoms with Crippen LogP contribution in [0.15, 0.2) is 24.3 Å². The molecule has 5 unspecified atom stereocenters. The highest BCUT2D eigenvalue weighted by atomic mass is 16.4. The Morgan fingerprint density at radius 2 is 1.78 bits per heavy atom. The van der Waals surface area contributed by atoms with Gasteiger partial charge in [0, 0.05) is 19.0 Å². The highest BCUT2D eigenvalue weighted by molar-refractivity contribution is 5.85. The third-order valence-electron chi connectivity index (χ3n) is 6.82. The summed E-state index contributed by atoms with van der Waals surface area (Å²) in [6.45, 7) is 0.903. The Kier molecular flexibility index (Phi) is 2.71. The smallest absolute Gasteiger partial charge is 0.312 e. The first kappa shape index (κ1) is 13.6. The van der Waals surface area contributed by atoms with Gasteiger partial charge in [-0.3, -0.25) is 9.59 Å². The Labute approximate surface area is 135 Å². The summed E-state index contributed by atoms with van der Waals surface area (Å²) in [5.74, 6) is 1.77. The molecule has 0 spiro atoms. The van der Waals surface area contributed by atoms with E-state index in [2.05, 4.69) is 0 Å². The van der Waals surface area contributed by atoms with Crippen LogP contribution in [0.3, 0.4) is 0 Å². The van der Waals surface area contributed by atoms with Gasteiger partial charge in [-0.2, -0.15) is 0 Å². The summed E-state index contributed by atoms with van der Waals surface area (Å²) in [5, 5.41) is 9.56. The summed E-state index contributed by atoms with van der Waals surface area (Å²) >= 11 is 0. The SMILES string of the molecule is O=C(O)C1CN(C(=O)C2C3C4CCC(C4)C23)Cc2ccccc21. The highest BCUT2D eigenvalue weighted by Gasteiger charge is 2.68. The van der Waals surface area contributed by atoms with Gasteiger partial charge in [0.25, 0.3) is 0 Å². The van der Waals surface area contributed by atoms with Gasteiger partial charge in [-0.05, 0) is 54.1 Å². The number of carbonyl (C=O) groups is 2. The minimum atomic E-state index is -0.828. The van der Waals surface area contributed by atoms with Crippen molar-refractivity contribution in [2.45, 2.75) is 31.7 Å². The number of amides is 1. The quantitative estimate of drug-likeness (QED) is 0.913. The van der Waals surface area contributed by atoms with Crippen LogP contribution < -0.4 is 0 Å². The molecule has 1 aromatic carbocycles. The predicted octanol–water partition coefficient (Wildman–Crippen LogP) is 2.49. The standard InChI is InChI=1S/C19H21NO3/c21-18(17-15-10-5-6-11(7-10)16(15)17)20-8-12-3-1-2-4-13(12)14(9-20)19(22)23/h1-4,10-11,14-17H,5-9H2,(H,22,23). The van der Waals surface area contributed by atoms with E-state index in [1.807, 2.05) is 29.2 Å². The van der Waals surface area contributed by atoms with Crippen LogP contribution in [0.4, 0.5) is 0 Å². The molecule has 3 saturated carbocycles. The van der Waals surface area contributed by atoms with Crippen molar-refractivity contribution in [1.29, 1.82) is 0 Å². The second-order valence-electron chi connectivity index (χ2n) is 7.82. The van der Waals surface area contributed by atoms with Gasteiger partial charge in [0.15, 0.2) is 0 Å². The zero-order valence-corrected chi connectivity index (χ0v) is 13.0. The summed E-state index contributed by atoms with van der Waals surface area (Å²) in [7, 11) is 0. The van der Waals surface area contributed by atoms with Crippen LogP contribution >= 0.6 is 0 Å². The second kappa shape index (κ2) is 4.59. The number of rotatable bonds is 2. The summed E-state index contributed by atoms with van der Waals surface area (Å²) in [6, 6.07) is 7.66. The van der Waals surface area contributed by atoms with Crippen molar-refractivity contribution in [2.24, 2.45) is 29.6 Å². The van der Waals surface area contributed by atoms with E-state index in [1.165, 1.54) is 19.3 Å². The van der Waals surface area contributed by atoms with Gasteiger partial charge in [0.1, 0.15) is 0 Å². The minimum absolute atomic E-state index is 0.195. The van der Waals surface area contributed by atoms with Crippen molar-refractivity contribution in [1.82, 2.24) is 4.90 Å². The van der Waals surface area contributed by atoms with E-state index < -0.39 is 11.9 Å². The first-order valence-electron chi connectivity index (χ1n) is 8.74. The molecule has 120 valence electrons. The predicted molar refractivity (Wildman–Crippen MR) is 83.5 cm³/mol. The third-order valence-corrected chi connectivity index (χ3v) is 6.82. The zero-order valence-electron chi connectivity index (χ0n) is 13.0. The molecule has 4 aliphatic rings. The Balaban J connectivity index is 1.40. The summed E-state index contributed by atoms with van der Waals surface area (Å²) in [6.07, 6.45) is 3.94.